The molecule has 18 heavy (non-hydrogen) atoms. The Kier molecular flexibility index (Phi) is 4.18. The van der Waals surface area contributed by atoms with Crippen molar-refractivity contribution >= 4 is 5.91 Å². The van der Waals surface area contributed by atoms with E-state index < -0.39 is 0 Å². The second-order valence-corrected chi connectivity index (χ2v) is 5.04. The predicted octanol–water partition coefficient (Wildman–Crippen LogP) is 1.58. The first-order valence-corrected chi connectivity index (χ1v) is 6.60. The number of nitrogens with one attached hydrogen (secondary N) is 1. The molecule has 0 unspecified atom stereocenters. The molecule has 1 aromatic heterocycles. The van der Waals surface area contributed by atoms with Gasteiger partial charge in [0.2, 0.25) is 11.5 Å². The van der Waals surface area contributed by atoms with Gasteiger partial charge in [-0.25, -0.2) is 0 Å². The number of aryl methyl sites for hydroxylation is 1. The van der Waals surface area contributed by atoms with E-state index in [9.17, 15) is 9.59 Å². The summed E-state index contributed by atoms with van der Waals surface area (Å²) in [6.45, 7) is 0.503. The Morgan fingerprint density at radius 2 is 2.06 bits per heavy atom. The van der Waals surface area contributed by atoms with Crippen molar-refractivity contribution in [3.05, 3.63) is 34.2 Å². The van der Waals surface area contributed by atoms with Gasteiger partial charge in [-0.3, -0.25) is 9.59 Å². The molecule has 1 aromatic rings. The van der Waals surface area contributed by atoms with Crippen LogP contribution in [0.3, 0.4) is 0 Å². The number of hydrogen-bond donors (Lipinski definition) is 1. The van der Waals surface area contributed by atoms with Gasteiger partial charge >= 0.3 is 0 Å². The maximum absolute atomic E-state index is 11.9. The van der Waals surface area contributed by atoms with E-state index in [4.69, 9.17) is 0 Å². The molecule has 1 aliphatic carbocycles. The van der Waals surface area contributed by atoms with Gasteiger partial charge in [-0.05, 0) is 18.4 Å². The predicted molar refractivity (Wildman–Crippen MR) is 70.1 cm³/mol. The quantitative estimate of drug-likeness (QED) is 0.883. The Morgan fingerprint density at radius 1 is 1.33 bits per heavy atom. The molecular weight excluding hydrogens is 228 g/mol. The molecule has 0 atom stereocenters. The number of carbonyl (C=O) groups excluding carboxylic acids is 1. The van der Waals surface area contributed by atoms with Crippen LogP contribution in [-0.4, -0.2) is 10.5 Å². The minimum absolute atomic E-state index is 0.0302. The van der Waals surface area contributed by atoms with Crippen LogP contribution in [0.1, 0.15) is 37.7 Å². The maximum Gasteiger partial charge on any atom is 0.250 e. The first-order valence-electron chi connectivity index (χ1n) is 6.60. The zero-order valence-corrected chi connectivity index (χ0v) is 10.8. The number of amides is 1. The van der Waals surface area contributed by atoms with Crippen LogP contribution in [0.5, 0.6) is 0 Å². The molecule has 4 heteroatoms. The molecule has 1 saturated carbocycles. The summed E-state index contributed by atoms with van der Waals surface area (Å²) in [6, 6.07) is 3.30. The molecule has 1 fully saturated rings. The fourth-order valence-electron chi connectivity index (χ4n) is 2.45. The number of carbonyl (C=O) groups is 1. The fraction of sp³-hybridized carbons (Fsp3) is 0.571. The Hall–Kier alpha value is -1.58. The van der Waals surface area contributed by atoms with Crippen molar-refractivity contribution in [3.8, 4) is 0 Å². The number of aromatic nitrogens is 1. The molecule has 0 aromatic carbocycles. The molecule has 0 aliphatic heterocycles. The summed E-state index contributed by atoms with van der Waals surface area (Å²) in [6.07, 6.45) is 7.38. The Morgan fingerprint density at radius 3 is 2.72 bits per heavy atom. The van der Waals surface area contributed by atoms with Gasteiger partial charge < -0.3 is 9.88 Å². The fourth-order valence-corrected chi connectivity index (χ4v) is 2.45. The SMILES string of the molecule is Cn1cc(CNC(=O)C2CCCCC2)ccc1=O. The van der Waals surface area contributed by atoms with Gasteiger partial charge in [-0.1, -0.05) is 25.3 Å². The molecular formula is C14H20N2O2. The molecule has 1 amide bonds. The van der Waals surface area contributed by atoms with E-state index in [1.54, 1.807) is 19.3 Å². The zero-order valence-electron chi connectivity index (χ0n) is 10.8. The summed E-state index contributed by atoms with van der Waals surface area (Å²) < 4.78 is 1.53. The third-order valence-corrected chi connectivity index (χ3v) is 3.59. The summed E-state index contributed by atoms with van der Waals surface area (Å²) in [4.78, 5) is 23.2. The molecule has 2 rings (SSSR count). The summed E-state index contributed by atoms with van der Waals surface area (Å²) >= 11 is 0. The number of hydrogen-bond acceptors (Lipinski definition) is 2. The normalized spacial score (nSPS) is 16.5. The van der Waals surface area contributed by atoms with Gasteiger partial charge in [0.05, 0.1) is 0 Å². The van der Waals surface area contributed by atoms with Gasteiger partial charge in [0.1, 0.15) is 0 Å². The van der Waals surface area contributed by atoms with E-state index in [2.05, 4.69) is 5.32 Å². The molecule has 98 valence electrons. The summed E-state index contributed by atoms with van der Waals surface area (Å²) in [5, 5.41) is 2.96. The molecule has 1 aliphatic rings. The van der Waals surface area contributed by atoms with Crippen molar-refractivity contribution in [2.75, 3.05) is 0 Å². The van der Waals surface area contributed by atoms with Crippen LogP contribution in [0.25, 0.3) is 0 Å². The van der Waals surface area contributed by atoms with E-state index in [1.807, 2.05) is 0 Å². The average molecular weight is 248 g/mol. The second-order valence-electron chi connectivity index (χ2n) is 5.04. The summed E-state index contributed by atoms with van der Waals surface area (Å²) in [5.74, 6) is 0.342. The lowest BCUT2D eigenvalue weighted by Crippen LogP contribution is -2.31. The molecule has 0 radical (unpaired) electrons. The van der Waals surface area contributed by atoms with E-state index in [0.717, 1.165) is 31.2 Å². The minimum Gasteiger partial charge on any atom is -0.352 e. The topological polar surface area (TPSA) is 51.1 Å². The van der Waals surface area contributed by atoms with Crippen LogP contribution in [0.4, 0.5) is 0 Å². The maximum atomic E-state index is 11.9. The second kappa shape index (κ2) is 5.85. The zero-order chi connectivity index (χ0) is 13.0. The third kappa shape index (κ3) is 3.22. The van der Waals surface area contributed by atoms with Gasteiger partial charge in [0.15, 0.2) is 0 Å². The Bertz CT molecular complexity index is 473. The van der Waals surface area contributed by atoms with Gasteiger partial charge in [0.25, 0.3) is 0 Å². The monoisotopic (exact) mass is 248 g/mol. The number of pyridine rings is 1. The van der Waals surface area contributed by atoms with Gasteiger partial charge in [-0.15, -0.1) is 0 Å². The number of nitrogens with zero attached hydrogens (tertiary/aromatic N) is 1. The molecule has 4 nitrogen and oxygen atoms in total. The standard InChI is InChI=1S/C14H20N2O2/c1-16-10-11(7-8-13(16)17)9-15-14(18)12-5-3-2-4-6-12/h7-8,10,12H,2-6,9H2,1H3,(H,15,18). The highest BCUT2D eigenvalue weighted by Crippen LogP contribution is 2.23. The number of rotatable bonds is 3. The lowest BCUT2D eigenvalue weighted by Gasteiger charge is -2.20. The van der Waals surface area contributed by atoms with Crippen LogP contribution < -0.4 is 10.9 Å². The molecule has 0 saturated heterocycles. The van der Waals surface area contributed by atoms with Crippen molar-refractivity contribution in [2.24, 2.45) is 13.0 Å². The van der Waals surface area contributed by atoms with Crippen LogP contribution in [0.2, 0.25) is 0 Å². The van der Waals surface area contributed by atoms with E-state index in [0.29, 0.717) is 6.54 Å². The van der Waals surface area contributed by atoms with Crippen molar-refractivity contribution in [1.82, 2.24) is 9.88 Å². The first-order chi connectivity index (χ1) is 8.66. The highest BCUT2D eigenvalue weighted by molar-refractivity contribution is 5.78. The van der Waals surface area contributed by atoms with Crippen LogP contribution in [-0.2, 0) is 18.4 Å². The van der Waals surface area contributed by atoms with Crippen molar-refractivity contribution < 1.29 is 4.79 Å². The smallest absolute Gasteiger partial charge is 0.250 e. The van der Waals surface area contributed by atoms with Crippen LogP contribution in [0, 0.1) is 5.92 Å². The first kappa shape index (κ1) is 12.9. The average Bonchev–Trinajstić information content (AvgIpc) is 2.41. The lowest BCUT2D eigenvalue weighted by molar-refractivity contribution is -0.126. The molecule has 0 bridgehead atoms. The highest BCUT2D eigenvalue weighted by atomic mass is 16.2. The Balaban J connectivity index is 1.88. The van der Waals surface area contributed by atoms with Gasteiger partial charge in [0, 0.05) is 31.8 Å². The Labute approximate surface area is 107 Å². The van der Waals surface area contributed by atoms with E-state index in [-0.39, 0.29) is 17.4 Å². The lowest BCUT2D eigenvalue weighted by atomic mass is 9.88. The molecule has 0 spiro atoms. The largest absolute Gasteiger partial charge is 0.352 e. The van der Waals surface area contributed by atoms with E-state index >= 15 is 0 Å². The van der Waals surface area contributed by atoms with Crippen LogP contribution >= 0.6 is 0 Å². The van der Waals surface area contributed by atoms with Crippen molar-refractivity contribution in [1.29, 1.82) is 0 Å². The minimum atomic E-state index is -0.0302. The van der Waals surface area contributed by atoms with Gasteiger partial charge in [-0.2, -0.15) is 0 Å². The summed E-state index contributed by atoms with van der Waals surface area (Å²) in [7, 11) is 1.72. The summed E-state index contributed by atoms with van der Waals surface area (Å²) in [5.41, 5.74) is 0.929. The van der Waals surface area contributed by atoms with E-state index in [1.165, 1.54) is 17.1 Å². The van der Waals surface area contributed by atoms with Crippen LogP contribution in [0.15, 0.2) is 23.1 Å². The molecule has 1 N–H and O–H groups in total. The highest BCUT2D eigenvalue weighted by Gasteiger charge is 2.20. The third-order valence-electron chi connectivity index (χ3n) is 3.59. The van der Waals surface area contributed by atoms with Crippen molar-refractivity contribution in [3.63, 3.8) is 0 Å². The molecule has 1 heterocycles. The van der Waals surface area contributed by atoms with Crippen molar-refractivity contribution in [2.45, 2.75) is 38.6 Å².